The molecule has 3 fully saturated rings. The summed E-state index contributed by atoms with van der Waals surface area (Å²) >= 11 is 0. The molecule has 5 nitrogen and oxygen atoms in total. The Hall–Kier alpha value is -1.37. The van der Waals surface area contributed by atoms with Crippen molar-refractivity contribution in [2.75, 3.05) is 13.3 Å². The fraction of sp³-hybridized carbons (Fsp3) is 0.750. The molecule has 4 aliphatic carbocycles. The van der Waals surface area contributed by atoms with Crippen molar-refractivity contribution in [3.63, 3.8) is 0 Å². The Morgan fingerprint density at radius 3 is 2.73 bits per heavy atom. The highest BCUT2D eigenvalue weighted by Crippen LogP contribution is 2.69. The number of hydrogen-bond acceptors (Lipinski definition) is 5. The maximum atomic E-state index is 13.8. The van der Waals surface area contributed by atoms with E-state index in [1.807, 2.05) is 6.08 Å². The molecule has 0 unspecified atom stereocenters. The summed E-state index contributed by atoms with van der Waals surface area (Å²) in [7, 11) is 0. The molecule has 0 bridgehead atoms. The van der Waals surface area contributed by atoms with Gasteiger partial charge in [0.2, 0.25) is 0 Å². The molecule has 30 heavy (non-hydrogen) atoms. The third kappa shape index (κ3) is 2.33. The van der Waals surface area contributed by atoms with Crippen LogP contribution in [0.2, 0.25) is 0 Å². The molecule has 7 atom stereocenters. The second-order valence-corrected chi connectivity index (χ2v) is 10.6. The Morgan fingerprint density at radius 2 is 2.03 bits per heavy atom. The molecule has 0 aromatic carbocycles. The summed E-state index contributed by atoms with van der Waals surface area (Å²) in [6.07, 6.45) is 8.64. The van der Waals surface area contributed by atoms with E-state index in [2.05, 4.69) is 13.0 Å². The zero-order chi connectivity index (χ0) is 21.5. The Balaban J connectivity index is 1.59. The van der Waals surface area contributed by atoms with Gasteiger partial charge in [0, 0.05) is 17.3 Å². The van der Waals surface area contributed by atoms with Crippen LogP contribution in [0, 0.1) is 28.6 Å². The van der Waals surface area contributed by atoms with Crippen molar-refractivity contribution in [3.05, 3.63) is 23.8 Å². The first-order valence-corrected chi connectivity index (χ1v) is 11.1. The van der Waals surface area contributed by atoms with E-state index in [1.54, 1.807) is 19.9 Å². The summed E-state index contributed by atoms with van der Waals surface area (Å²) in [5, 5.41) is 10.5. The number of Topliss-reactive ketones (excluding diaryl/α,β-unsaturated/α-hetero) is 1. The first-order chi connectivity index (χ1) is 14.1. The van der Waals surface area contributed by atoms with E-state index in [9.17, 15) is 19.1 Å². The van der Waals surface area contributed by atoms with Gasteiger partial charge in [-0.15, -0.1) is 0 Å². The molecular formula is C24H31FO5. The first-order valence-electron chi connectivity index (χ1n) is 11.1. The minimum atomic E-state index is -1.26. The number of aliphatic hydroxyl groups is 1. The third-order valence-electron chi connectivity index (χ3n) is 9.06. The minimum absolute atomic E-state index is 0.0130. The molecule has 0 aromatic rings. The number of allylic oxidation sites excluding steroid dienone is 3. The largest absolute Gasteiger partial charge is 0.395 e. The van der Waals surface area contributed by atoms with Gasteiger partial charge in [-0.1, -0.05) is 19.1 Å². The molecule has 5 rings (SSSR count). The lowest BCUT2D eigenvalue weighted by Crippen LogP contribution is -2.61. The van der Waals surface area contributed by atoms with Gasteiger partial charge in [-0.25, -0.2) is 4.39 Å². The van der Waals surface area contributed by atoms with Gasteiger partial charge < -0.3 is 14.6 Å². The summed E-state index contributed by atoms with van der Waals surface area (Å²) in [4.78, 5) is 25.0. The van der Waals surface area contributed by atoms with Crippen molar-refractivity contribution in [1.82, 2.24) is 0 Å². The van der Waals surface area contributed by atoms with Crippen LogP contribution in [0.1, 0.15) is 52.9 Å². The molecule has 0 aromatic heterocycles. The topological polar surface area (TPSA) is 72.8 Å². The second-order valence-electron chi connectivity index (χ2n) is 10.6. The predicted molar refractivity (Wildman–Crippen MR) is 107 cm³/mol. The number of rotatable bonds is 3. The molecule has 0 amide bonds. The first kappa shape index (κ1) is 20.5. The van der Waals surface area contributed by atoms with Gasteiger partial charge in [0.25, 0.3) is 0 Å². The average molecular weight is 419 g/mol. The predicted octanol–water partition coefficient (Wildman–Crippen LogP) is 3.31. The highest BCUT2D eigenvalue weighted by molar-refractivity contribution is 5.92. The molecule has 0 spiro atoms. The van der Waals surface area contributed by atoms with Crippen LogP contribution >= 0.6 is 0 Å². The van der Waals surface area contributed by atoms with Crippen molar-refractivity contribution in [3.8, 4) is 0 Å². The van der Waals surface area contributed by atoms with Gasteiger partial charge in [-0.2, -0.15) is 0 Å². The quantitative estimate of drug-likeness (QED) is 0.761. The van der Waals surface area contributed by atoms with Crippen molar-refractivity contribution in [2.24, 2.45) is 28.6 Å². The minimum Gasteiger partial charge on any atom is -0.395 e. The van der Waals surface area contributed by atoms with Gasteiger partial charge in [0.1, 0.15) is 0 Å². The van der Waals surface area contributed by atoms with Crippen molar-refractivity contribution < 1.29 is 28.6 Å². The molecular weight excluding hydrogens is 387 g/mol. The molecule has 2 saturated carbocycles. The molecule has 164 valence electrons. The maximum Gasteiger partial charge on any atom is 0.198 e. The Labute approximate surface area is 176 Å². The Morgan fingerprint density at radius 1 is 1.27 bits per heavy atom. The number of carbonyl (C=O) groups is 2. The zero-order valence-electron chi connectivity index (χ0n) is 17.9. The van der Waals surface area contributed by atoms with Crippen LogP contribution in [0.3, 0.4) is 0 Å². The molecule has 5 aliphatic rings. The van der Waals surface area contributed by atoms with Crippen molar-refractivity contribution in [2.45, 2.75) is 70.4 Å². The number of aliphatic hydroxyl groups excluding tert-OH is 1. The summed E-state index contributed by atoms with van der Waals surface area (Å²) in [6, 6.07) is 0. The van der Waals surface area contributed by atoms with Crippen LogP contribution in [-0.4, -0.2) is 47.4 Å². The van der Waals surface area contributed by atoms with Crippen LogP contribution < -0.4 is 0 Å². The standard InChI is InChI=1S/C24H31FO5/c1-21(2)29-20-11-18-16-5-4-14-10-15(27)6-9-23(14,13-26)17(16)7-8-22(18,3)24(20,30-21)19(28)12-25/h4-5,10,16-18,20,26H,6-9,11-13H2,1-3H3/t16-,17+,18+,20-,22+,23-,24-/m1/s1. The molecule has 1 heterocycles. The molecule has 1 N–H and O–H groups in total. The monoisotopic (exact) mass is 418 g/mol. The maximum absolute atomic E-state index is 13.8. The summed E-state index contributed by atoms with van der Waals surface area (Å²) in [6.45, 7) is 4.61. The van der Waals surface area contributed by atoms with Crippen LogP contribution in [-0.2, 0) is 19.1 Å². The molecule has 6 heteroatoms. The van der Waals surface area contributed by atoms with Crippen LogP contribution in [0.5, 0.6) is 0 Å². The van der Waals surface area contributed by atoms with E-state index in [0.29, 0.717) is 25.7 Å². The SMILES string of the molecule is CC1(C)O[C@@H]2C[C@H]3[C@@H]4C=CC5=CC(=O)CC[C@]5(CO)[C@H]4CC[C@]3(C)[C@]2(C(=O)CF)O1. The van der Waals surface area contributed by atoms with Gasteiger partial charge in [-0.05, 0) is 68.9 Å². The number of alkyl halides is 1. The van der Waals surface area contributed by atoms with Crippen LogP contribution in [0.25, 0.3) is 0 Å². The number of halogens is 1. The van der Waals surface area contributed by atoms with Gasteiger partial charge in [0.15, 0.2) is 29.6 Å². The fourth-order valence-corrected chi connectivity index (χ4v) is 7.81. The number of ether oxygens (including phenoxy) is 2. The van der Waals surface area contributed by atoms with E-state index in [0.717, 1.165) is 12.0 Å². The third-order valence-corrected chi connectivity index (χ3v) is 9.06. The van der Waals surface area contributed by atoms with E-state index in [4.69, 9.17) is 9.47 Å². The average Bonchev–Trinajstić information content (AvgIpc) is 3.12. The fourth-order valence-electron chi connectivity index (χ4n) is 7.81. The molecule has 1 saturated heterocycles. The molecule has 0 radical (unpaired) electrons. The zero-order valence-corrected chi connectivity index (χ0v) is 17.9. The van der Waals surface area contributed by atoms with E-state index in [-0.39, 0.29) is 30.1 Å². The van der Waals surface area contributed by atoms with Crippen molar-refractivity contribution >= 4 is 11.6 Å². The summed E-state index contributed by atoms with van der Waals surface area (Å²) in [5.74, 6) is -0.909. The summed E-state index contributed by atoms with van der Waals surface area (Å²) in [5.41, 5.74) is -1.28. The van der Waals surface area contributed by atoms with Crippen LogP contribution in [0.15, 0.2) is 23.8 Å². The number of ketones is 2. The summed E-state index contributed by atoms with van der Waals surface area (Å²) < 4.78 is 26.3. The Bertz CT molecular complexity index is 862. The lowest BCUT2D eigenvalue weighted by atomic mass is 9.47. The number of carbonyl (C=O) groups excluding carboxylic acids is 2. The van der Waals surface area contributed by atoms with Gasteiger partial charge in [0.05, 0.1) is 12.7 Å². The van der Waals surface area contributed by atoms with E-state index < -0.39 is 40.8 Å². The van der Waals surface area contributed by atoms with E-state index in [1.165, 1.54) is 0 Å². The van der Waals surface area contributed by atoms with Gasteiger partial charge >= 0.3 is 0 Å². The smallest absolute Gasteiger partial charge is 0.198 e. The second kappa shape index (κ2) is 6.33. The highest BCUT2D eigenvalue weighted by Gasteiger charge is 2.75. The number of hydrogen-bond donors (Lipinski definition) is 1. The molecule has 1 aliphatic heterocycles. The Kier molecular flexibility index (Phi) is 4.33. The van der Waals surface area contributed by atoms with Gasteiger partial charge in [-0.3, -0.25) is 9.59 Å². The normalized spacial score (nSPS) is 48.4. The number of fused-ring (bicyclic) bond motifs is 7. The van der Waals surface area contributed by atoms with Crippen molar-refractivity contribution in [1.29, 1.82) is 0 Å². The van der Waals surface area contributed by atoms with Crippen LogP contribution in [0.4, 0.5) is 4.39 Å². The lowest BCUT2D eigenvalue weighted by Gasteiger charge is -2.57. The van der Waals surface area contributed by atoms with E-state index >= 15 is 0 Å². The highest BCUT2D eigenvalue weighted by atomic mass is 19.1. The lowest BCUT2D eigenvalue weighted by molar-refractivity contribution is -0.212.